The Morgan fingerprint density at radius 1 is 0.419 bits per heavy atom. The number of hydrogen-bond acceptors (Lipinski definition) is 22. The summed E-state index contributed by atoms with van der Waals surface area (Å²) in [5, 5.41) is 31.1. The third-order valence-electron chi connectivity index (χ3n) is 25.3. The van der Waals surface area contributed by atoms with Crippen molar-refractivity contribution in [2.75, 3.05) is 104 Å². The van der Waals surface area contributed by atoms with E-state index in [4.69, 9.17) is 0 Å². The molecule has 3 amide bonds. The fraction of sp³-hybridized carbons (Fsp3) is 0.305. The molecule has 6 aliphatic rings. The largest absolute Gasteiger partial charge is 0.507 e. The number of carbonyl (C=O) groups excluding carboxylic acids is 3. The van der Waals surface area contributed by atoms with E-state index < -0.39 is 198 Å². The minimum atomic E-state index is -4.79. The van der Waals surface area contributed by atoms with Crippen LogP contribution in [0.5, 0.6) is 17.2 Å². The van der Waals surface area contributed by atoms with Gasteiger partial charge in [0, 0.05) is 103 Å². The summed E-state index contributed by atoms with van der Waals surface area (Å²) in [5.41, 5.74) is -8.32. The van der Waals surface area contributed by atoms with Gasteiger partial charge >= 0.3 is 17.1 Å². The smallest absolute Gasteiger partial charge is 0.354 e. The zero-order valence-electron chi connectivity index (χ0n) is 74.6. The average molecular weight is 1920 g/mol. The molecule has 41 heteroatoms. The Hall–Kier alpha value is -14.1. The Morgan fingerprint density at radius 3 is 1.15 bits per heavy atom. The summed E-state index contributed by atoms with van der Waals surface area (Å²) in [6.07, 6.45) is 8.41. The molecule has 12 aromatic rings. The van der Waals surface area contributed by atoms with Crippen molar-refractivity contribution in [3.05, 3.63) is 246 Å². The van der Waals surface area contributed by atoms with Gasteiger partial charge in [-0.2, -0.15) is 15.0 Å². The van der Waals surface area contributed by atoms with Crippen LogP contribution in [-0.4, -0.2) is 202 Å². The maximum Gasteiger partial charge on any atom is 0.354 e. The lowest BCUT2D eigenvalue weighted by Gasteiger charge is -2.44. The summed E-state index contributed by atoms with van der Waals surface area (Å²) in [4.78, 5) is 115. The molecule has 3 unspecified atom stereocenters. The van der Waals surface area contributed by atoms with Crippen LogP contribution in [0.25, 0.3) is 83.2 Å². The predicted octanol–water partition coefficient (Wildman–Crippen LogP) is 14.8. The summed E-state index contributed by atoms with van der Waals surface area (Å²) in [6, 6.07) is 7.03. The van der Waals surface area contributed by atoms with Gasteiger partial charge in [-0.1, -0.05) is 61.3 Å². The Labute approximate surface area is 772 Å². The van der Waals surface area contributed by atoms with Crippen molar-refractivity contribution in [2.24, 2.45) is 0 Å². The molecule has 12 heterocycles. The van der Waals surface area contributed by atoms with Gasteiger partial charge in [0.05, 0.1) is 123 Å². The summed E-state index contributed by atoms with van der Waals surface area (Å²) >= 11 is 0.978. The van der Waals surface area contributed by atoms with Crippen LogP contribution in [0.15, 0.2) is 135 Å². The van der Waals surface area contributed by atoms with Crippen molar-refractivity contribution in [3.63, 3.8) is 0 Å². The van der Waals surface area contributed by atoms with Crippen LogP contribution in [0, 0.1) is 90.6 Å². The number of aromatic nitrogens is 9. The molecular weight excluding hydrogens is 1830 g/mol. The molecule has 3 atom stereocenters. The highest BCUT2D eigenvalue weighted by molar-refractivity contribution is 7.99. The average Bonchev–Trinajstić information content (AvgIpc) is 1.18. The first kappa shape index (κ1) is 95.1. The van der Waals surface area contributed by atoms with Crippen molar-refractivity contribution < 1.29 is 90.8 Å². The molecule has 3 saturated heterocycles. The van der Waals surface area contributed by atoms with Gasteiger partial charge in [0.2, 0.25) is 17.7 Å². The molecule has 3 N–H and O–H groups in total. The van der Waals surface area contributed by atoms with Crippen molar-refractivity contribution in [1.29, 1.82) is 0 Å². The quantitative estimate of drug-likeness (QED) is 0.0581. The first-order valence-electron chi connectivity index (χ1n) is 42.9. The molecule has 18 rings (SSSR count). The van der Waals surface area contributed by atoms with Crippen molar-refractivity contribution in [1.82, 2.24) is 58.3 Å². The van der Waals surface area contributed by atoms with Crippen molar-refractivity contribution in [3.8, 4) is 67.7 Å². The first-order valence-corrected chi connectivity index (χ1v) is 45.6. The monoisotopic (exact) mass is 1920 g/mol. The number of piperazine rings is 3. The number of rotatable bonds is 12. The first-order chi connectivity index (χ1) is 64.5. The number of carbonyl (C=O) groups is 3. The third-order valence-corrected chi connectivity index (χ3v) is 28.3. The zero-order chi connectivity index (χ0) is 98.2. The van der Waals surface area contributed by atoms with E-state index in [0.29, 0.717) is 58.8 Å². The molecule has 136 heavy (non-hydrogen) atoms. The van der Waals surface area contributed by atoms with E-state index >= 15 is 39.5 Å². The highest BCUT2D eigenvalue weighted by atomic mass is 32.2. The highest BCUT2D eigenvalue weighted by Gasteiger charge is 2.47. The van der Waals surface area contributed by atoms with E-state index in [0.717, 1.165) is 43.7 Å². The molecule has 3 fully saturated rings. The summed E-state index contributed by atoms with van der Waals surface area (Å²) in [6.45, 7) is 27.8. The highest BCUT2D eigenvalue weighted by Crippen LogP contribution is 2.53. The van der Waals surface area contributed by atoms with Crippen LogP contribution in [0.1, 0.15) is 99.5 Å². The van der Waals surface area contributed by atoms with E-state index in [-0.39, 0.29) is 168 Å². The number of phenolic OH excluding ortho intramolecular Hbond substituents is 3. The molecule has 27 nitrogen and oxygen atoms in total. The minimum absolute atomic E-state index is 0.00516. The number of hydrogen-bond donors (Lipinski definition) is 3. The molecule has 0 radical (unpaired) electrons. The summed E-state index contributed by atoms with van der Waals surface area (Å²) in [7, 11) is -3.23. The fourth-order valence-corrected chi connectivity index (χ4v) is 21.9. The van der Waals surface area contributed by atoms with Crippen molar-refractivity contribution in [2.45, 2.75) is 114 Å². The number of phenols is 3. The van der Waals surface area contributed by atoms with Crippen molar-refractivity contribution >= 4 is 95.2 Å². The van der Waals surface area contributed by atoms with Crippen LogP contribution in [-0.2, 0) is 24.2 Å². The van der Waals surface area contributed by atoms with Crippen LogP contribution >= 0.6 is 11.8 Å². The fourth-order valence-electron chi connectivity index (χ4n) is 18.9. The van der Waals surface area contributed by atoms with Gasteiger partial charge in [-0.15, -0.1) is 11.8 Å². The minimum Gasteiger partial charge on any atom is -0.507 e. The lowest BCUT2D eigenvalue weighted by Crippen LogP contribution is -2.57. The van der Waals surface area contributed by atoms with Gasteiger partial charge in [-0.25, -0.2) is 75.5 Å². The van der Waals surface area contributed by atoms with Gasteiger partial charge in [0.15, 0.2) is 73.8 Å². The number of sulfone groups is 1. The Bertz CT molecular complexity index is 7490. The number of fused-ring (bicyclic) bond motifs is 6. The number of amides is 3. The molecule has 6 aromatic heterocycles. The number of anilines is 4. The van der Waals surface area contributed by atoms with Crippen LogP contribution in [0.3, 0.4) is 0 Å². The lowest BCUT2D eigenvalue weighted by molar-refractivity contribution is -0.127. The van der Waals surface area contributed by atoms with Gasteiger partial charge < -0.3 is 49.6 Å². The van der Waals surface area contributed by atoms with Crippen LogP contribution in [0.2, 0.25) is 0 Å². The maximum absolute atomic E-state index is 17.3. The number of nitrogens with zero attached hydrogens (tertiary/aromatic N) is 16. The van der Waals surface area contributed by atoms with E-state index in [1.54, 1.807) is 85.8 Å². The number of halogens is 12. The molecule has 6 aromatic carbocycles. The molecule has 0 spiro atoms. The maximum atomic E-state index is 17.3. The van der Waals surface area contributed by atoms with E-state index in [1.807, 2.05) is 27.7 Å². The number of aromatic hydroxyl groups is 3. The van der Waals surface area contributed by atoms with Gasteiger partial charge in [0.25, 0.3) is 0 Å². The molecule has 708 valence electrons. The summed E-state index contributed by atoms with van der Waals surface area (Å²) in [5.74, 6) is -23.9. The standard InChI is InChI=1S/C33H32F4N6O3.C31H27F4N5O5S.C31H27F4N5O3S/c1-6-21(45)41-13-14-42-18(15-41)10-12-40(5)30-24-31(27(37)23(26(30)36)22-20(44)8-7-19(34)25(22)35)43(33(46)39-32(24)42)29-17(4)9-11-38-28(29)16(2)3;1-5-19(42)38-10-11-39-16(12-38)13-46(44,45)29-22-28(24(34)21(25(29)35)20-18(41)7-6-17(32)23(20)33)40(31(43)37-30(22)39)27-15(4)8-9-36-26(27)14(2)3;1-5-19(42)38-10-11-39-16(12-38)13-44-29-22-28(24(34)21(25(29)35)20-18(41)7-6-17(32)23(20)33)40(31(43)37-30(22)39)27-15(4)8-9-36-26(27)14(2)3/h6-9,11,16,18,44H,1,10,12-15H2,2-5H3;5-9,14,16,41H,1,10-13H2,2-4H3;5-9,14,16,41H,1,10-13H2,2-4H3. The third kappa shape index (κ3) is 15.7. The molecule has 0 aliphatic carbocycles. The SMILES string of the molecule is C=CC(=O)N1CCN2c3nc(=O)n(-c4c(C)ccnc4C(C)C)c4c(F)c(-c5c(O)ccc(F)c5F)c(F)c(c34)N(C)CCC2C1.C=CC(=O)N1CCN2c3nc(=O)n(-c4c(C)ccnc4C(C)C)c4c(F)c(-c5c(O)ccc(F)c5F)c(F)c(c34)S(=O)(=O)CC2C1.C=CC(=O)N1CCN2c3nc(=O)n(-c4c(C)ccnc4C(C)C)c4c(F)c(-c5c(O)ccc(F)c5F)c(F)c(c34)SCC2C1. The second kappa shape index (κ2) is 36.3. The Kier molecular flexibility index (Phi) is 25.3. The summed E-state index contributed by atoms with van der Waals surface area (Å²) < 4.78 is 222. The predicted molar refractivity (Wildman–Crippen MR) is 487 cm³/mol. The molecule has 6 aliphatic heterocycles. The lowest BCUT2D eigenvalue weighted by atomic mass is 9.95. The number of benzene rings is 6. The molecular formula is C95H86F12N16O11S2. The topological polar surface area (TPSA) is 312 Å². The number of pyridine rings is 3. The van der Waals surface area contributed by atoms with E-state index in [2.05, 4.69) is 49.6 Å². The number of aryl methyl sites for hydroxylation is 3. The second-order valence-corrected chi connectivity index (χ2v) is 37.5. The molecule has 0 saturated carbocycles. The van der Waals surface area contributed by atoms with Gasteiger partial charge in [0.1, 0.15) is 50.9 Å². The Balaban J connectivity index is 0.000000148. The zero-order valence-corrected chi connectivity index (χ0v) is 76.2. The van der Waals surface area contributed by atoms with E-state index in [1.165, 1.54) is 39.1 Å². The van der Waals surface area contributed by atoms with Gasteiger partial charge in [-0.05, 0) is 134 Å². The van der Waals surface area contributed by atoms with Crippen LogP contribution in [0.4, 0.5) is 75.8 Å². The Morgan fingerprint density at radius 2 is 0.757 bits per heavy atom. The van der Waals surface area contributed by atoms with E-state index in [9.17, 15) is 65.7 Å². The second-order valence-electron chi connectivity index (χ2n) is 34.5. The molecule has 0 bridgehead atoms. The van der Waals surface area contributed by atoms with Gasteiger partial charge in [-0.3, -0.25) is 43.0 Å². The normalized spacial score (nSPS) is 16.7. The number of thioether (sulfide) groups is 1. The van der Waals surface area contributed by atoms with Crippen LogP contribution < -0.4 is 36.7 Å².